The van der Waals surface area contributed by atoms with Crippen LogP contribution in [0.1, 0.15) is 26.5 Å². The minimum Gasteiger partial charge on any atom is -0.480 e. The number of carboxylic acids is 1. The van der Waals surface area contributed by atoms with Crippen molar-refractivity contribution in [1.29, 1.82) is 0 Å². The van der Waals surface area contributed by atoms with Crippen LogP contribution in [0.2, 0.25) is 0 Å². The van der Waals surface area contributed by atoms with E-state index in [0.29, 0.717) is 25.3 Å². The fourth-order valence-corrected chi connectivity index (χ4v) is 3.79. The van der Waals surface area contributed by atoms with Crippen LogP contribution in [-0.4, -0.2) is 60.4 Å². The largest absolute Gasteiger partial charge is 0.480 e. The Morgan fingerprint density at radius 2 is 1.86 bits per heavy atom. The summed E-state index contributed by atoms with van der Waals surface area (Å²) in [5, 5.41) is 9.19. The second kappa shape index (κ2) is 6.02. The van der Waals surface area contributed by atoms with Crippen molar-refractivity contribution < 1.29 is 22.7 Å². The van der Waals surface area contributed by atoms with Gasteiger partial charge in [0.05, 0.1) is 0 Å². The highest BCUT2D eigenvalue weighted by Gasteiger charge is 2.39. The SMILES string of the molecule is CCc1ccc(S(=O)(=O)N2CCN(C(C)(C)C(=O)O)CC2)o1. The maximum absolute atomic E-state index is 12.5. The Kier molecular flexibility index (Phi) is 4.65. The predicted octanol–water partition coefficient (Wildman–Crippen LogP) is 1.01. The molecule has 1 saturated heterocycles. The lowest BCUT2D eigenvalue weighted by Crippen LogP contribution is -2.58. The summed E-state index contributed by atoms with van der Waals surface area (Å²) in [5.41, 5.74) is -1.00. The Morgan fingerprint density at radius 3 is 2.32 bits per heavy atom. The molecule has 1 aliphatic heterocycles. The third-order valence-corrected chi connectivity index (χ3v) is 5.91. The monoisotopic (exact) mass is 330 g/mol. The van der Waals surface area contributed by atoms with Gasteiger partial charge in [-0.2, -0.15) is 4.31 Å². The number of furan rings is 1. The number of aryl methyl sites for hydroxylation is 1. The van der Waals surface area contributed by atoms with Gasteiger partial charge in [-0.05, 0) is 26.0 Å². The molecule has 1 aromatic heterocycles. The van der Waals surface area contributed by atoms with Gasteiger partial charge in [-0.25, -0.2) is 8.42 Å². The summed E-state index contributed by atoms with van der Waals surface area (Å²) in [4.78, 5) is 13.0. The Morgan fingerprint density at radius 1 is 1.27 bits per heavy atom. The first kappa shape index (κ1) is 17.0. The van der Waals surface area contributed by atoms with Crippen LogP contribution < -0.4 is 0 Å². The zero-order chi connectivity index (χ0) is 16.5. The first-order valence-electron chi connectivity index (χ1n) is 7.27. The summed E-state index contributed by atoms with van der Waals surface area (Å²) < 4.78 is 31.7. The second-order valence-electron chi connectivity index (χ2n) is 5.83. The van der Waals surface area contributed by atoms with Gasteiger partial charge in [0, 0.05) is 32.6 Å². The third kappa shape index (κ3) is 3.04. The Hall–Kier alpha value is -1.38. The van der Waals surface area contributed by atoms with Crippen LogP contribution in [-0.2, 0) is 21.2 Å². The average Bonchev–Trinajstić information content (AvgIpc) is 2.97. The lowest BCUT2D eigenvalue weighted by Gasteiger charge is -2.40. The molecule has 0 aliphatic carbocycles. The fraction of sp³-hybridized carbons (Fsp3) is 0.643. The number of hydrogen-bond acceptors (Lipinski definition) is 5. The van der Waals surface area contributed by atoms with Gasteiger partial charge in [0.2, 0.25) is 5.09 Å². The quantitative estimate of drug-likeness (QED) is 0.866. The normalized spacial score (nSPS) is 18.5. The van der Waals surface area contributed by atoms with Crippen molar-refractivity contribution in [3.05, 3.63) is 17.9 Å². The standard InChI is InChI=1S/C14H22N2O5S/c1-4-11-5-6-12(21-11)22(19,20)16-9-7-15(8-10-16)14(2,3)13(17)18/h5-6H,4,7-10H2,1-3H3,(H,17,18). The van der Waals surface area contributed by atoms with Crippen molar-refractivity contribution in [2.45, 2.75) is 37.8 Å². The van der Waals surface area contributed by atoms with Gasteiger partial charge < -0.3 is 9.52 Å². The molecule has 0 unspecified atom stereocenters. The maximum atomic E-state index is 12.5. The summed E-state index contributed by atoms with van der Waals surface area (Å²) in [6.07, 6.45) is 0.635. The van der Waals surface area contributed by atoms with Crippen molar-refractivity contribution in [2.24, 2.45) is 0 Å². The van der Waals surface area contributed by atoms with E-state index in [0.717, 1.165) is 0 Å². The van der Waals surface area contributed by atoms with Crippen molar-refractivity contribution in [2.75, 3.05) is 26.2 Å². The molecule has 0 saturated carbocycles. The van der Waals surface area contributed by atoms with Crippen LogP contribution in [0.3, 0.4) is 0 Å². The predicted molar refractivity (Wildman–Crippen MR) is 80.1 cm³/mol. The molecule has 124 valence electrons. The van der Waals surface area contributed by atoms with Gasteiger partial charge in [-0.15, -0.1) is 0 Å². The van der Waals surface area contributed by atoms with Gasteiger partial charge in [-0.3, -0.25) is 9.69 Å². The molecule has 0 spiro atoms. The van der Waals surface area contributed by atoms with Crippen LogP contribution in [0.5, 0.6) is 0 Å². The summed E-state index contributed by atoms with van der Waals surface area (Å²) >= 11 is 0. The van der Waals surface area contributed by atoms with E-state index in [2.05, 4.69) is 0 Å². The smallest absolute Gasteiger partial charge is 0.323 e. The molecule has 2 rings (SSSR count). The van der Waals surface area contributed by atoms with E-state index in [-0.39, 0.29) is 18.2 Å². The minimum absolute atomic E-state index is 0.0460. The number of hydrogen-bond donors (Lipinski definition) is 1. The second-order valence-corrected chi connectivity index (χ2v) is 7.70. The fourth-order valence-electron chi connectivity index (χ4n) is 2.44. The van der Waals surface area contributed by atoms with E-state index in [9.17, 15) is 18.3 Å². The Bertz CT molecular complexity index is 642. The van der Waals surface area contributed by atoms with E-state index in [4.69, 9.17) is 4.42 Å². The number of carbonyl (C=O) groups is 1. The zero-order valence-corrected chi connectivity index (χ0v) is 13.9. The van der Waals surface area contributed by atoms with Crippen molar-refractivity contribution >= 4 is 16.0 Å². The molecule has 0 radical (unpaired) electrons. The van der Waals surface area contributed by atoms with Crippen LogP contribution in [0, 0.1) is 0 Å². The van der Waals surface area contributed by atoms with E-state index >= 15 is 0 Å². The Balaban J connectivity index is 2.09. The molecule has 8 heteroatoms. The summed E-state index contributed by atoms with van der Waals surface area (Å²) in [7, 11) is -3.65. The van der Waals surface area contributed by atoms with Gasteiger partial charge in [-0.1, -0.05) is 6.92 Å². The number of rotatable bonds is 5. The first-order valence-corrected chi connectivity index (χ1v) is 8.71. The van der Waals surface area contributed by atoms with Crippen molar-refractivity contribution in [3.8, 4) is 0 Å². The van der Waals surface area contributed by atoms with Crippen LogP contribution in [0.15, 0.2) is 21.6 Å². The number of carboxylic acid groups (broad SMARTS) is 1. The van der Waals surface area contributed by atoms with E-state index in [1.165, 1.54) is 10.4 Å². The van der Waals surface area contributed by atoms with Crippen molar-refractivity contribution in [1.82, 2.24) is 9.21 Å². The highest BCUT2D eigenvalue weighted by atomic mass is 32.2. The van der Waals surface area contributed by atoms with Crippen molar-refractivity contribution in [3.63, 3.8) is 0 Å². The molecule has 0 aromatic carbocycles. The number of piperazine rings is 1. The van der Waals surface area contributed by atoms with Crippen LogP contribution in [0.25, 0.3) is 0 Å². The Labute approximate surface area is 130 Å². The molecule has 0 atom stereocenters. The summed E-state index contributed by atoms with van der Waals surface area (Å²) in [5.74, 6) is -0.286. The molecule has 1 N–H and O–H groups in total. The van der Waals surface area contributed by atoms with Gasteiger partial charge >= 0.3 is 5.97 Å². The summed E-state index contributed by atoms with van der Waals surface area (Å²) in [6.45, 7) is 6.39. The highest BCUT2D eigenvalue weighted by Crippen LogP contribution is 2.23. The van der Waals surface area contributed by atoms with Crippen LogP contribution in [0.4, 0.5) is 0 Å². The molecule has 0 amide bonds. The molecule has 0 bridgehead atoms. The van der Waals surface area contributed by atoms with E-state index in [1.54, 1.807) is 24.8 Å². The molecule has 1 aromatic rings. The molecule has 22 heavy (non-hydrogen) atoms. The average molecular weight is 330 g/mol. The number of sulfonamides is 1. The highest BCUT2D eigenvalue weighted by molar-refractivity contribution is 7.89. The van der Waals surface area contributed by atoms with E-state index in [1.807, 2.05) is 6.92 Å². The number of aliphatic carboxylic acids is 1. The summed E-state index contributed by atoms with van der Waals surface area (Å²) in [6, 6.07) is 3.14. The van der Waals surface area contributed by atoms with Crippen LogP contribution >= 0.6 is 0 Å². The molecular weight excluding hydrogens is 308 g/mol. The minimum atomic E-state index is -3.65. The third-order valence-electron chi connectivity index (χ3n) is 4.13. The van der Waals surface area contributed by atoms with Gasteiger partial charge in [0.15, 0.2) is 0 Å². The lowest BCUT2D eigenvalue weighted by molar-refractivity contribution is -0.150. The molecule has 1 fully saturated rings. The number of nitrogens with zero attached hydrogens (tertiary/aromatic N) is 2. The first-order chi connectivity index (χ1) is 10.2. The zero-order valence-electron chi connectivity index (χ0n) is 13.1. The molecule has 2 heterocycles. The molecule has 7 nitrogen and oxygen atoms in total. The van der Waals surface area contributed by atoms with Gasteiger partial charge in [0.25, 0.3) is 10.0 Å². The van der Waals surface area contributed by atoms with E-state index < -0.39 is 21.5 Å². The lowest BCUT2D eigenvalue weighted by atomic mass is 10.0. The maximum Gasteiger partial charge on any atom is 0.323 e. The topological polar surface area (TPSA) is 91.1 Å². The molecular formula is C14H22N2O5S. The van der Waals surface area contributed by atoms with Gasteiger partial charge in [0.1, 0.15) is 11.3 Å². The molecule has 1 aliphatic rings.